The molecule has 1 heterocycles. The number of methoxy groups -OCH3 is 1. The van der Waals surface area contributed by atoms with E-state index < -0.39 is 11.6 Å². The molecule has 1 aromatic heterocycles. The summed E-state index contributed by atoms with van der Waals surface area (Å²) in [5, 5.41) is 5.73. The van der Waals surface area contributed by atoms with Gasteiger partial charge in [0.1, 0.15) is 12.4 Å². The Labute approximate surface area is 184 Å². The molecule has 0 fully saturated rings. The predicted octanol–water partition coefficient (Wildman–Crippen LogP) is 4.79. The first kappa shape index (κ1) is 23.1. The molecule has 2 aromatic carbocycles. The van der Waals surface area contributed by atoms with Gasteiger partial charge in [-0.1, -0.05) is 19.1 Å². The van der Waals surface area contributed by atoms with Crippen LogP contribution in [0.1, 0.15) is 18.9 Å². The fraction of sp³-hybridized carbons (Fsp3) is 0.261. The Kier molecular flexibility index (Phi) is 8.04. The lowest BCUT2D eigenvalue weighted by Gasteiger charge is -2.11. The second kappa shape index (κ2) is 11.1. The van der Waals surface area contributed by atoms with Gasteiger partial charge in [0, 0.05) is 37.4 Å². The largest absolute Gasteiger partial charge is 0.488 e. The van der Waals surface area contributed by atoms with Crippen molar-refractivity contribution in [3.05, 3.63) is 65.9 Å². The first-order chi connectivity index (χ1) is 15.5. The predicted molar refractivity (Wildman–Crippen MR) is 118 cm³/mol. The van der Waals surface area contributed by atoms with E-state index >= 15 is 0 Å². The Balaban J connectivity index is 1.68. The van der Waals surface area contributed by atoms with Crippen molar-refractivity contribution in [2.75, 3.05) is 31.0 Å². The topological polar surface area (TPSA) is 85.4 Å². The average Bonchev–Trinajstić information content (AvgIpc) is 2.79. The van der Waals surface area contributed by atoms with Crippen molar-refractivity contribution >= 4 is 28.9 Å². The van der Waals surface area contributed by atoms with E-state index in [2.05, 4.69) is 20.6 Å². The van der Waals surface area contributed by atoms with Crippen LogP contribution in [-0.4, -0.2) is 36.1 Å². The van der Waals surface area contributed by atoms with Gasteiger partial charge in [-0.2, -0.15) is 4.98 Å². The highest BCUT2D eigenvalue weighted by Crippen LogP contribution is 2.24. The van der Waals surface area contributed by atoms with E-state index in [0.717, 1.165) is 11.8 Å². The number of hydrogen-bond donors (Lipinski definition) is 2. The first-order valence-corrected chi connectivity index (χ1v) is 10.1. The molecule has 0 atom stereocenters. The van der Waals surface area contributed by atoms with Gasteiger partial charge in [0.15, 0.2) is 23.2 Å². The van der Waals surface area contributed by atoms with E-state index in [0.29, 0.717) is 30.8 Å². The van der Waals surface area contributed by atoms with Crippen LogP contribution in [0.25, 0.3) is 0 Å². The number of carbonyl (C=O) groups excluding carboxylic acids is 1. The molecule has 0 amide bonds. The van der Waals surface area contributed by atoms with E-state index in [1.54, 1.807) is 30.3 Å². The first-order valence-electron chi connectivity index (χ1n) is 10.1. The smallest absolute Gasteiger partial charge is 0.229 e. The minimum absolute atomic E-state index is 0.0418. The highest BCUT2D eigenvalue weighted by molar-refractivity contribution is 5.80. The van der Waals surface area contributed by atoms with Gasteiger partial charge in [-0.15, -0.1) is 0 Å². The number of ether oxygens (including phenoxy) is 2. The summed E-state index contributed by atoms with van der Waals surface area (Å²) in [6.07, 6.45) is 1.86. The summed E-state index contributed by atoms with van der Waals surface area (Å²) in [5.41, 5.74) is 1.86. The number of anilines is 4. The number of carbonyl (C=O) groups is 1. The van der Waals surface area contributed by atoms with Crippen LogP contribution >= 0.6 is 0 Å². The van der Waals surface area contributed by atoms with Gasteiger partial charge in [-0.3, -0.25) is 4.79 Å². The summed E-state index contributed by atoms with van der Waals surface area (Å²) in [4.78, 5) is 19.6. The average molecular weight is 442 g/mol. The standard InChI is InChI=1S/C23H24F2N4O3/c1-3-18(30)12-15-4-6-16(7-5-15)27-22-20(25)14-26-23(29-22)28-17-8-9-21(19(24)13-17)32-11-10-31-2/h4-9,13-14H,3,10-12H2,1-2H3,(H2,26,27,28,29). The number of halogens is 2. The maximum atomic E-state index is 14.2. The van der Waals surface area contributed by atoms with Gasteiger partial charge >= 0.3 is 0 Å². The molecule has 2 N–H and O–H groups in total. The second-order valence-corrected chi connectivity index (χ2v) is 6.89. The van der Waals surface area contributed by atoms with Gasteiger partial charge < -0.3 is 20.1 Å². The molecule has 3 rings (SSSR count). The molecule has 0 bridgehead atoms. The van der Waals surface area contributed by atoms with E-state index in [-0.39, 0.29) is 29.9 Å². The molecule has 3 aromatic rings. The number of nitrogens with zero attached hydrogens (tertiary/aromatic N) is 2. The lowest BCUT2D eigenvalue weighted by molar-refractivity contribution is -0.118. The van der Waals surface area contributed by atoms with E-state index in [1.165, 1.54) is 19.2 Å². The third kappa shape index (κ3) is 6.45. The Bertz CT molecular complexity index is 1060. The molecule has 9 heteroatoms. The number of ketones is 1. The van der Waals surface area contributed by atoms with Crippen LogP contribution in [0.3, 0.4) is 0 Å². The number of Topliss-reactive ketones (excluding diaryl/α,β-unsaturated/α-hetero) is 1. The molecule has 0 aliphatic heterocycles. The van der Waals surface area contributed by atoms with Crippen molar-refractivity contribution in [1.82, 2.24) is 9.97 Å². The van der Waals surface area contributed by atoms with Crippen molar-refractivity contribution in [1.29, 1.82) is 0 Å². The molecule has 32 heavy (non-hydrogen) atoms. The number of nitrogens with one attached hydrogen (secondary N) is 2. The molecular formula is C23H24F2N4O3. The highest BCUT2D eigenvalue weighted by atomic mass is 19.1. The van der Waals surface area contributed by atoms with Crippen molar-refractivity contribution in [2.45, 2.75) is 19.8 Å². The molecule has 0 radical (unpaired) electrons. The maximum absolute atomic E-state index is 14.2. The van der Waals surface area contributed by atoms with Crippen LogP contribution in [0.15, 0.2) is 48.7 Å². The van der Waals surface area contributed by atoms with Crippen molar-refractivity contribution in [3.63, 3.8) is 0 Å². The Morgan fingerprint density at radius 2 is 1.75 bits per heavy atom. The van der Waals surface area contributed by atoms with Crippen LogP contribution in [-0.2, 0) is 16.0 Å². The van der Waals surface area contributed by atoms with Gasteiger partial charge in [0.05, 0.1) is 12.8 Å². The van der Waals surface area contributed by atoms with Crippen molar-refractivity contribution in [3.8, 4) is 5.75 Å². The third-order valence-corrected chi connectivity index (χ3v) is 4.49. The Morgan fingerprint density at radius 1 is 1.00 bits per heavy atom. The summed E-state index contributed by atoms with van der Waals surface area (Å²) in [5.74, 6) is -0.915. The summed E-state index contributed by atoms with van der Waals surface area (Å²) >= 11 is 0. The van der Waals surface area contributed by atoms with Crippen molar-refractivity contribution in [2.24, 2.45) is 0 Å². The van der Waals surface area contributed by atoms with Crippen LogP contribution < -0.4 is 15.4 Å². The zero-order valence-electron chi connectivity index (χ0n) is 17.8. The maximum Gasteiger partial charge on any atom is 0.229 e. The second-order valence-electron chi connectivity index (χ2n) is 6.89. The van der Waals surface area contributed by atoms with E-state index in [4.69, 9.17) is 9.47 Å². The van der Waals surface area contributed by atoms with Gasteiger partial charge in [0.25, 0.3) is 0 Å². The molecule has 0 saturated heterocycles. The molecular weight excluding hydrogens is 418 g/mol. The monoisotopic (exact) mass is 442 g/mol. The fourth-order valence-electron chi connectivity index (χ4n) is 2.77. The lowest BCUT2D eigenvalue weighted by atomic mass is 10.1. The van der Waals surface area contributed by atoms with E-state index in [9.17, 15) is 13.6 Å². The zero-order chi connectivity index (χ0) is 22.9. The minimum atomic E-state index is -0.645. The third-order valence-electron chi connectivity index (χ3n) is 4.49. The van der Waals surface area contributed by atoms with Crippen LogP contribution in [0, 0.1) is 11.6 Å². The van der Waals surface area contributed by atoms with Crippen LogP contribution in [0.4, 0.5) is 31.9 Å². The molecule has 7 nitrogen and oxygen atoms in total. The number of benzene rings is 2. The molecule has 168 valence electrons. The van der Waals surface area contributed by atoms with Crippen LogP contribution in [0.5, 0.6) is 5.75 Å². The summed E-state index contributed by atoms with van der Waals surface area (Å²) < 4.78 is 38.6. The van der Waals surface area contributed by atoms with Gasteiger partial charge in [0.2, 0.25) is 5.95 Å². The van der Waals surface area contributed by atoms with E-state index in [1.807, 2.05) is 6.92 Å². The van der Waals surface area contributed by atoms with Crippen LogP contribution in [0.2, 0.25) is 0 Å². The quantitative estimate of drug-likeness (QED) is 0.413. The Hall–Kier alpha value is -3.59. The summed E-state index contributed by atoms with van der Waals surface area (Å²) in [6, 6.07) is 11.4. The van der Waals surface area contributed by atoms with Gasteiger partial charge in [-0.05, 0) is 29.8 Å². The molecule has 0 spiro atoms. The molecule has 0 unspecified atom stereocenters. The van der Waals surface area contributed by atoms with Crippen molar-refractivity contribution < 1.29 is 23.0 Å². The lowest BCUT2D eigenvalue weighted by Crippen LogP contribution is -2.06. The minimum Gasteiger partial charge on any atom is -0.488 e. The molecule has 0 saturated carbocycles. The number of rotatable bonds is 11. The normalized spacial score (nSPS) is 10.6. The van der Waals surface area contributed by atoms with Gasteiger partial charge in [-0.25, -0.2) is 13.8 Å². The molecule has 0 aliphatic carbocycles. The SMILES string of the molecule is CCC(=O)Cc1ccc(Nc2nc(Nc3ccc(OCCOC)c(F)c3)ncc2F)cc1. The Morgan fingerprint density at radius 3 is 2.44 bits per heavy atom. The summed E-state index contributed by atoms with van der Waals surface area (Å²) in [7, 11) is 1.53. The highest BCUT2D eigenvalue weighted by Gasteiger charge is 2.10. The number of aromatic nitrogens is 2. The number of hydrogen-bond acceptors (Lipinski definition) is 7. The summed E-state index contributed by atoms with van der Waals surface area (Å²) in [6.45, 7) is 2.39. The molecule has 0 aliphatic rings. The fourth-order valence-corrected chi connectivity index (χ4v) is 2.77. The zero-order valence-corrected chi connectivity index (χ0v) is 17.8.